The standard InChI is InChI=1S/C10H22N4O/c1-9(2)7-13-3-5-14(6-4-13)8-10(15)12-11/h9H,3-8,11H2,1-2H3,(H,12,15). The number of nitrogens with one attached hydrogen (secondary N) is 1. The van der Waals surface area contributed by atoms with Gasteiger partial charge >= 0.3 is 0 Å². The lowest BCUT2D eigenvalue weighted by Crippen LogP contribution is -2.50. The van der Waals surface area contributed by atoms with Crippen molar-refractivity contribution in [2.75, 3.05) is 39.3 Å². The largest absolute Gasteiger partial charge is 0.301 e. The minimum absolute atomic E-state index is 0.104. The molecule has 1 rings (SSSR count). The molecule has 0 aromatic rings. The molecule has 0 aromatic heterocycles. The topological polar surface area (TPSA) is 61.6 Å². The predicted molar refractivity (Wildman–Crippen MR) is 60.0 cm³/mol. The molecule has 0 spiro atoms. The average molecular weight is 214 g/mol. The van der Waals surface area contributed by atoms with E-state index in [-0.39, 0.29) is 5.91 Å². The second-order valence-corrected chi connectivity index (χ2v) is 4.54. The molecule has 1 amide bonds. The maximum Gasteiger partial charge on any atom is 0.248 e. The quantitative estimate of drug-likeness (QED) is 0.367. The Balaban J connectivity index is 2.20. The van der Waals surface area contributed by atoms with Crippen molar-refractivity contribution in [1.82, 2.24) is 15.2 Å². The van der Waals surface area contributed by atoms with E-state index >= 15 is 0 Å². The van der Waals surface area contributed by atoms with E-state index in [1.54, 1.807) is 0 Å². The number of hydrogen-bond acceptors (Lipinski definition) is 4. The van der Waals surface area contributed by atoms with Crippen LogP contribution in [0.3, 0.4) is 0 Å². The Labute approximate surface area is 91.6 Å². The van der Waals surface area contributed by atoms with Gasteiger partial charge in [0, 0.05) is 32.7 Å². The molecule has 0 radical (unpaired) electrons. The highest BCUT2D eigenvalue weighted by atomic mass is 16.2. The molecule has 1 heterocycles. The van der Waals surface area contributed by atoms with Gasteiger partial charge in [-0.05, 0) is 5.92 Å². The summed E-state index contributed by atoms with van der Waals surface area (Å²) in [6.07, 6.45) is 0. The number of hydrazine groups is 1. The van der Waals surface area contributed by atoms with E-state index < -0.39 is 0 Å². The number of piperazine rings is 1. The van der Waals surface area contributed by atoms with Crippen molar-refractivity contribution < 1.29 is 4.79 Å². The molecule has 15 heavy (non-hydrogen) atoms. The summed E-state index contributed by atoms with van der Waals surface area (Å²) in [7, 11) is 0. The van der Waals surface area contributed by atoms with Crippen LogP contribution in [0.15, 0.2) is 0 Å². The van der Waals surface area contributed by atoms with Crippen molar-refractivity contribution in [2.24, 2.45) is 11.8 Å². The van der Waals surface area contributed by atoms with Crippen LogP contribution >= 0.6 is 0 Å². The van der Waals surface area contributed by atoms with Gasteiger partial charge in [0.05, 0.1) is 6.54 Å². The van der Waals surface area contributed by atoms with Crippen molar-refractivity contribution in [3.63, 3.8) is 0 Å². The molecule has 1 aliphatic rings. The minimum atomic E-state index is -0.104. The third-order valence-corrected chi connectivity index (χ3v) is 2.62. The fraction of sp³-hybridized carbons (Fsp3) is 0.900. The van der Waals surface area contributed by atoms with E-state index in [0.29, 0.717) is 12.5 Å². The fourth-order valence-electron chi connectivity index (χ4n) is 1.90. The summed E-state index contributed by atoms with van der Waals surface area (Å²) in [6.45, 7) is 10.1. The molecular weight excluding hydrogens is 192 g/mol. The van der Waals surface area contributed by atoms with Gasteiger partial charge in [0.25, 0.3) is 0 Å². The second kappa shape index (κ2) is 6.05. The van der Waals surface area contributed by atoms with Gasteiger partial charge in [-0.15, -0.1) is 0 Å². The lowest BCUT2D eigenvalue weighted by molar-refractivity contribution is -0.122. The summed E-state index contributed by atoms with van der Waals surface area (Å²) in [5.41, 5.74) is 2.16. The highest BCUT2D eigenvalue weighted by Gasteiger charge is 2.18. The van der Waals surface area contributed by atoms with Crippen molar-refractivity contribution in [3.05, 3.63) is 0 Å². The van der Waals surface area contributed by atoms with Crippen LogP contribution in [0.5, 0.6) is 0 Å². The SMILES string of the molecule is CC(C)CN1CCN(CC(=O)NN)CC1. The van der Waals surface area contributed by atoms with Gasteiger partial charge in [-0.1, -0.05) is 13.8 Å². The number of hydrogen-bond donors (Lipinski definition) is 2. The Bertz CT molecular complexity index is 200. The number of rotatable bonds is 4. The van der Waals surface area contributed by atoms with Crippen LogP contribution in [0.1, 0.15) is 13.8 Å². The molecule has 1 fully saturated rings. The molecule has 3 N–H and O–H groups in total. The summed E-state index contributed by atoms with van der Waals surface area (Å²) in [4.78, 5) is 15.6. The Morgan fingerprint density at radius 1 is 1.27 bits per heavy atom. The van der Waals surface area contributed by atoms with Crippen molar-refractivity contribution in [3.8, 4) is 0 Å². The summed E-state index contributed by atoms with van der Waals surface area (Å²) in [6, 6.07) is 0. The number of nitrogens with two attached hydrogens (primary N) is 1. The van der Waals surface area contributed by atoms with Gasteiger partial charge in [-0.2, -0.15) is 0 Å². The van der Waals surface area contributed by atoms with Crippen molar-refractivity contribution >= 4 is 5.91 Å². The lowest BCUT2D eigenvalue weighted by atomic mass is 10.2. The highest BCUT2D eigenvalue weighted by Crippen LogP contribution is 2.04. The smallest absolute Gasteiger partial charge is 0.248 e. The van der Waals surface area contributed by atoms with Crippen LogP contribution < -0.4 is 11.3 Å². The maximum atomic E-state index is 11.0. The number of carbonyl (C=O) groups excluding carboxylic acids is 1. The zero-order valence-electron chi connectivity index (χ0n) is 9.70. The molecule has 5 nitrogen and oxygen atoms in total. The van der Waals surface area contributed by atoms with Crippen LogP contribution in [0, 0.1) is 5.92 Å². The first kappa shape index (κ1) is 12.4. The summed E-state index contributed by atoms with van der Waals surface area (Å²) in [5, 5.41) is 0. The molecule has 88 valence electrons. The van der Waals surface area contributed by atoms with Crippen LogP contribution in [-0.4, -0.2) is 55.0 Å². The predicted octanol–water partition coefficient (Wildman–Crippen LogP) is -0.750. The Hall–Kier alpha value is -0.650. The zero-order chi connectivity index (χ0) is 11.3. The molecule has 0 saturated carbocycles. The molecule has 0 aromatic carbocycles. The first-order valence-corrected chi connectivity index (χ1v) is 5.56. The monoisotopic (exact) mass is 214 g/mol. The van der Waals surface area contributed by atoms with Crippen molar-refractivity contribution in [2.45, 2.75) is 13.8 Å². The van der Waals surface area contributed by atoms with Crippen molar-refractivity contribution in [1.29, 1.82) is 0 Å². The third kappa shape index (κ3) is 4.59. The lowest BCUT2D eigenvalue weighted by Gasteiger charge is -2.34. The van der Waals surface area contributed by atoms with Crippen LogP contribution in [0.2, 0.25) is 0 Å². The molecule has 0 aliphatic carbocycles. The molecule has 1 saturated heterocycles. The number of carbonyl (C=O) groups is 1. The molecular formula is C10H22N4O. The first-order chi connectivity index (χ1) is 7.11. The third-order valence-electron chi connectivity index (χ3n) is 2.62. The van der Waals surface area contributed by atoms with E-state index in [2.05, 4.69) is 29.1 Å². The zero-order valence-corrected chi connectivity index (χ0v) is 9.70. The summed E-state index contributed by atoms with van der Waals surface area (Å²) >= 11 is 0. The van der Waals surface area contributed by atoms with Gasteiger partial charge in [-0.25, -0.2) is 5.84 Å². The van der Waals surface area contributed by atoms with Crippen LogP contribution in [0.4, 0.5) is 0 Å². The molecule has 1 aliphatic heterocycles. The van der Waals surface area contributed by atoms with E-state index in [1.807, 2.05) is 0 Å². The van der Waals surface area contributed by atoms with E-state index in [4.69, 9.17) is 5.84 Å². The van der Waals surface area contributed by atoms with E-state index in [0.717, 1.165) is 32.7 Å². The Morgan fingerprint density at radius 3 is 2.27 bits per heavy atom. The molecule has 0 atom stereocenters. The van der Waals surface area contributed by atoms with Crippen LogP contribution in [0.25, 0.3) is 0 Å². The molecule has 0 unspecified atom stereocenters. The van der Waals surface area contributed by atoms with Gasteiger partial charge < -0.3 is 4.90 Å². The van der Waals surface area contributed by atoms with E-state index in [1.165, 1.54) is 0 Å². The second-order valence-electron chi connectivity index (χ2n) is 4.54. The number of nitrogens with zero attached hydrogens (tertiary/aromatic N) is 2. The maximum absolute atomic E-state index is 11.0. The summed E-state index contributed by atoms with van der Waals surface area (Å²) < 4.78 is 0. The van der Waals surface area contributed by atoms with Gasteiger partial charge in [-0.3, -0.25) is 15.1 Å². The van der Waals surface area contributed by atoms with Gasteiger partial charge in [0.1, 0.15) is 0 Å². The average Bonchev–Trinajstić information content (AvgIpc) is 2.20. The first-order valence-electron chi connectivity index (χ1n) is 5.56. The van der Waals surface area contributed by atoms with E-state index in [9.17, 15) is 4.79 Å². The summed E-state index contributed by atoms with van der Waals surface area (Å²) in [5.74, 6) is 5.65. The molecule has 5 heteroatoms. The van der Waals surface area contributed by atoms with Gasteiger partial charge in [0.2, 0.25) is 5.91 Å². The minimum Gasteiger partial charge on any atom is -0.301 e. The van der Waals surface area contributed by atoms with Gasteiger partial charge in [0.15, 0.2) is 0 Å². The highest BCUT2D eigenvalue weighted by molar-refractivity contribution is 5.77. The Kier molecular flexibility index (Phi) is 5.01. The Morgan fingerprint density at radius 2 is 1.80 bits per heavy atom. The molecule has 0 bridgehead atoms. The fourth-order valence-corrected chi connectivity index (χ4v) is 1.90. The normalized spacial score (nSPS) is 19.5. The van der Waals surface area contributed by atoms with Crippen LogP contribution in [-0.2, 0) is 4.79 Å². The number of amides is 1.